The summed E-state index contributed by atoms with van der Waals surface area (Å²) < 4.78 is 5.70. The lowest BCUT2D eigenvalue weighted by molar-refractivity contribution is 0.456. The van der Waals surface area contributed by atoms with Gasteiger partial charge >= 0.3 is 0 Å². The van der Waals surface area contributed by atoms with Gasteiger partial charge in [0.2, 0.25) is 5.88 Å². The number of nitrogens with two attached hydrogens (primary N) is 1. The van der Waals surface area contributed by atoms with E-state index in [0.717, 1.165) is 11.4 Å². The zero-order valence-corrected chi connectivity index (χ0v) is 11.6. The third-order valence-electron chi connectivity index (χ3n) is 2.81. The molecule has 0 radical (unpaired) electrons. The Bertz CT molecular complexity index is 544. The molecule has 1 aromatic heterocycles. The van der Waals surface area contributed by atoms with Crippen molar-refractivity contribution in [3.63, 3.8) is 0 Å². The second kappa shape index (κ2) is 5.36. The average Bonchev–Trinajstić information content (AvgIpc) is 2.39. The van der Waals surface area contributed by atoms with Crippen LogP contribution in [0.4, 0.5) is 0 Å². The first-order valence-corrected chi connectivity index (χ1v) is 6.28. The molecule has 1 aromatic carbocycles. The molecule has 0 aliphatic rings. The molecule has 2 rings (SSSR count). The van der Waals surface area contributed by atoms with E-state index in [1.165, 1.54) is 5.56 Å². The van der Waals surface area contributed by atoms with Gasteiger partial charge in [-0.15, -0.1) is 0 Å². The van der Waals surface area contributed by atoms with Crippen molar-refractivity contribution in [1.29, 1.82) is 0 Å². The number of ether oxygens (including phenoxy) is 1. The lowest BCUT2D eigenvalue weighted by Crippen LogP contribution is -2.10. The van der Waals surface area contributed by atoms with E-state index in [4.69, 9.17) is 10.5 Å². The number of rotatable bonds is 3. The van der Waals surface area contributed by atoms with E-state index in [0.29, 0.717) is 12.4 Å². The van der Waals surface area contributed by atoms with Crippen LogP contribution in [-0.4, -0.2) is 9.97 Å². The Morgan fingerprint density at radius 1 is 1.16 bits per heavy atom. The van der Waals surface area contributed by atoms with Gasteiger partial charge in [-0.1, -0.05) is 32.9 Å². The van der Waals surface area contributed by atoms with Crippen molar-refractivity contribution >= 4 is 0 Å². The minimum Gasteiger partial charge on any atom is -0.437 e. The van der Waals surface area contributed by atoms with Gasteiger partial charge in [-0.3, -0.25) is 4.98 Å². The first-order chi connectivity index (χ1) is 8.99. The van der Waals surface area contributed by atoms with Crippen molar-refractivity contribution < 1.29 is 4.74 Å². The molecule has 0 amide bonds. The summed E-state index contributed by atoms with van der Waals surface area (Å²) >= 11 is 0. The van der Waals surface area contributed by atoms with Crippen LogP contribution in [0, 0.1) is 0 Å². The maximum absolute atomic E-state index is 5.70. The Balaban J connectivity index is 2.18. The summed E-state index contributed by atoms with van der Waals surface area (Å²) in [5, 5.41) is 0. The van der Waals surface area contributed by atoms with Crippen LogP contribution in [0.1, 0.15) is 32.0 Å². The molecule has 2 aromatic rings. The molecule has 2 N–H and O–H groups in total. The number of benzene rings is 1. The van der Waals surface area contributed by atoms with E-state index in [1.54, 1.807) is 12.4 Å². The number of aromatic nitrogens is 2. The maximum atomic E-state index is 5.70. The van der Waals surface area contributed by atoms with Crippen LogP contribution >= 0.6 is 0 Å². The van der Waals surface area contributed by atoms with Gasteiger partial charge in [0.05, 0.1) is 18.1 Å². The molecule has 0 fully saturated rings. The summed E-state index contributed by atoms with van der Waals surface area (Å²) in [6.07, 6.45) is 3.22. The fourth-order valence-corrected chi connectivity index (χ4v) is 1.65. The zero-order chi connectivity index (χ0) is 13.9. The summed E-state index contributed by atoms with van der Waals surface area (Å²) in [5.41, 5.74) is 7.53. The molecule has 0 aliphatic heterocycles. The van der Waals surface area contributed by atoms with Gasteiger partial charge in [-0.25, -0.2) is 4.98 Å². The third kappa shape index (κ3) is 3.51. The van der Waals surface area contributed by atoms with E-state index >= 15 is 0 Å². The van der Waals surface area contributed by atoms with Gasteiger partial charge in [0, 0.05) is 6.54 Å². The van der Waals surface area contributed by atoms with Gasteiger partial charge in [0.15, 0.2) is 0 Å². The van der Waals surface area contributed by atoms with Gasteiger partial charge in [0.1, 0.15) is 5.75 Å². The van der Waals surface area contributed by atoms with Crippen LogP contribution in [0.2, 0.25) is 0 Å². The second-order valence-electron chi connectivity index (χ2n) is 5.43. The van der Waals surface area contributed by atoms with Crippen molar-refractivity contribution in [3.8, 4) is 11.6 Å². The highest BCUT2D eigenvalue weighted by Crippen LogP contribution is 2.27. The van der Waals surface area contributed by atoms with Crippen LogP contribution in [0.5, 0.6) is 11.6 Å². The Hall–Kier alpha value is -1.94. The molecular weight excluding hydrogens is 238 g/mol. The minimum absolute atomic E-state index is 0.0917. The summed E-state index contributed by atoms with van der Waals surface area (Å²) in [5.74, 6) is 1.24. The van der Waals surface area contributed by atoms with Crippen LogP contribution in [-0.2, 0) is 12.0 Å². The van der Waals surface area contributed by atoms with Gasteiger partial charge in [-0.2, -0.15) is 0 Å². The molecule has 0 atom stereocenters. The summed E-state index contributed by atoms with van der Waals surface area (Å²) in [6.45, 7) is 6.89. The van der Waals surface area contributed by atoms with E-state index in [1.807, 2.05) is 18.2 Å². The highest BCUT2D eigenvalue weighted by atomic mass is 16.5. The fraction of sp³-hybridized carbons (Fsp3) is 0.333. The van der Waals surface area contributed by atoms with Crippen LogP contribution in [0.15, 0.2) is 36.7 Å². The molecule has 1 heterocycles. The molecule has 0 saturated carbocycles. The van der Waals surface area contributed by atoms with Gasteiger partial charge in [0.25, 0.3) is 0 Å². The third-order valence-corrected chi connectivity index (χ3v) is 2.81. The number of hydrogen-bond acceptors (Lipinski definition) is 4. The van der Waals surface area contributed by atoms with E-state index < -0.39 is 0 Å². The predicted octanol–water partition coefficient (Wildman–Crippen LogP) is 3.03. The van der Waals surface area contributed by atoms with Crippen molar-refractivity contribution in [2.45, 2.75) is 32.7 Å². The smallest absolute Gasteiger partial charge is 0.237 e. The Morgan fingerprint density at radius 3 is 2.53 bits per heavy atom. The van der Waals surface area contributed by atoms with Crippen molar-refractivity contribution in [1.82, 2.24) is 9.97 Å². The molecule has 0 bridgehead atoms. The summed E-state index contributed by atoms with van der Waals surface area (Å²) in [7, 11) is 0. The molecule has 100 valence electrons. The normalized spacial score (nSPS) is 11.4. The standard InChI is InChI=1S/C15H19N3O/c1-15(2,3)11-5-4-6-13(7-11)19-14-10-17-12(8-16)9-18-14/h4-7,9-10H,8,16H2,1-3H3. The van der Waals surface area contributed by atoms with Crippen LogP contribution in [0.3, 0.4) is 0 Å². The monoisotopic (exact) mass is 257 g/mol. The summed E-state index contributed by atoms with van der Waals surface area (Å²) in [6, 6.07) is 8.01. The molecule has 19 heavy (non-hydrogen) atoms. The first-order valence-electron chi connectivity index (χ1n) is 6.28. The van der Waals surface area contributed by atoms with Crippen molar-refractivity contribution in [3.05, 3.63) is 47.9 Å². The molecule has 0 unspecified atom stereocenters. The SMILES string of the molecule is CC(C)(C)c1cccc(Oc2cnc(CN)cn2)c1. The highest BCUT2D eigenvalue weighted by molar-refractivity contribution is 5.34. The van der Waals surface area contributed by atoms with Crippen molar-refractivity contribution in [2.75, 3.05) is 0 Å². The quantitative estimate of drug-likeness (QED) is 0.918. The number of nitrogens with zero attached hydrogens (tertiary/aromatic N) is 2. The average molecular weight is 257 g/mol. The van der Waals surface area contributed by atoms with E-state index in [-0.39, 0.29) is 5.41 Å². The Labute approximate surface area is 113 Å². The molecule has 4 heteroatoms. The van der Waals surface area contributed by atoms with E-state index in [9.17, 15) is 0 Å². The van der Waals surface area contributed by atoms with E-state index in [2.05, 4.69) is 36.8 Å². The highest BCUT2D eigenvalue weighted by Gasteiger charge is 2.14. The largest absolute Gasteiger partial charge is 0.437 e. The minimum atomic E-state index is 0.0917. The number of hydrogen-bond donors (Lipinski definition) is 1. The van der Waals surface area contributed by atoms with Gasteiger partial charge < -0.3 is 10.5 Å². The fourth-order valence-electron chi connectivity index (χ4n) is 1.65. The predicted molar refractivity (Wildman–Crippen MR) is 75.1 cm³/mol. The Morgan fingerprint density at radius 2 is 1.95 bits per heavy atom. The van der Waals surface area contributed by atoms with Crippen molar-refractivity contribution in [2.24, 2.45) is 5.73 Å². The zero-order valence-electron chi connectivity index (χ0n) is 11.6. The molecule has 4 nitrogen and oxygen atoms in total. The lowest BCUT2D eigenvalue weighted by Gasteiger charge is -2.19. The van der Waals surface area contributed by atoms with Gasteiger partial charge in [-0.05, 0) is 23.1 Å². The topological polar surface area (TPSA) is 61.0 Å². The summed E-state index contributed by atoms with van der Waals surface area (Å²) in [4.78, 5) is 8.32. The van der Waals surface area contributed by atoms with Crippen LogP contribution in [0.25, 0.3) is 0 Å². The first kappa shape index (κ1) is 13.5. The Kier molecular flexibility index (Phi) is 3.81. The lowest BCUT2D eigenvalue weighted by atomic mass is 9.87. The second-order valence-corrected chi connectivity index (χ2v) is 5.43. The molecule has 0 spiro atoms. The molecule has 0 saturated heterocycles. The molecular formula is C15H19N3O. The van der Waals surface area contributed by atoms with Crippen LogP contribution < -0.4 is 10.5 Å². The maximum Gasteiger partial charge on any atom is 0.237 e. The molecule has 0 aliphatic carbocycles.